The summed E-state index contributed by atoms with van der Waals surface area (Å²) in [5.41, 5.74) is 1.11. The van der Waals surface area contributed by atoms with Gasteiger partial charge in [0.25, 0.3) is 0 Å². The van der Waals surface area contributed by atoms with E-state index in [-0.39, 0.29) is 24.6 Å². The number of ketones is 1. The van der Waals surface area contributed by atoms with Gasteiger partial charge in [-0.3, -0.25) is 4.79 Å². The molecule has 24 heavy (non-hydrogen) atoms. The third-order valence-electron chi connectivity index (χ3n) is 3.45. The van der Waals surface area contributed by atoms with E-state index in [0.29, 0.717) is 24.4 Å². The molecule has 2 rings (SSSR count). The molecular formula is C17H21N3O4. The number of rotatable bonds is 3. The molecule has 0 spiro atoms. The average molecular weight is 331 g/mol. The second-order valence-electron chi connectivity index (χ2n) is 6.59. The Labute approximate surface area is 141 Å². The number of carbonyl (C=O) groups excluding carboxylic acids is 2. The normalized spacial score (nSPS) is 13.7. The first-order valence-electron chi connectivity index (χ1n) is 7.72. The summed E-state index contributed by atoms with van der Waals surface area (Å²) in [4.78, 5) is 29.8. The number of fused-ring (bicyclic) bond motifs is 1. The van der Waals surface area contributed by atoms with Gasteiger partial charge in [-0.05, 0) is 27.2 Å². The molecule has 0 N–H and O–H groups in total. The van der Waals surface area contributed by atoms with Gasteiger partial charge in [0.05, 0.1) is 12.2 Å². The van der Waals surface area contributed by atoms with Crippen molar-refractivity contribution in [2.45, 2.75) is 46.3 Å². The van der Waals surface area contributed by atoms with Crippen LogP contribution in [0.3, 0.4) is 0 Å². The molecule has 1 aliphatic heterocycles. The molecule has 0 saturated carbocycles. The number of amides is 1. The number of pyridine rings is 1. The first-order chi connectivity index (χ1) is 11.2. The summed E-state index contributed by atoms with van der Waals surface area (Å²) >= 11 is 0. The Morgan fingerprint density at radius 2 is 2.12 bits per heavy atom. The number of nitrogens with zero attached hydrogens (tertiary/aromatic N) is 3. The molecule has 0 atom stereocenters. The number of hydrogen-bond acceptors (Lipinski definition) is 6. The fourth-order valence-corrected chi connectivity index (χ4v) is 2.41. The topological polar surface area (TPSA) is 92.5 Å². The first-order valence-corrected chi connectivity index (χ1v) is 7.72. The molecule has 0 unspecified atom stereocenters. The molecule has 128 valence electrons. The van der Waals surface area contributed by atoms with Crippen LogP contribution in [0.5, 0.6) is 5.75 Å². The minimum absolute atomic E-state index is 0.108. The zero-order valence-corrected chi connectivity index (χ0v) is 14.4. The second kappa shape index (κ2) is 6.87. The van der Waals surface area contributed by atoms with Gasteiger partial charge in [0.1, 0.15) is 23.1 Å². The molecule has 1 aromatic rings. The van der Waals surface area contributed by atoms with E-state index in [1.54, 1.807) is 11.0 Å². The van der Waals surface area contributed by atoms with E-state index in [9.17, 15) is 9.59 Å². The summed E-state index contributed by atoms with van der Waals surface area (Å²) in [6, 6.07) is 3.47. The summed E-state index contributed by atoms with van der Waals surface area (Å²) < 4.78 is 10.8. The molecule has 1 aliphatic rings. The quantitative estimate of drug-likeness (QED) is 0.790. The van der Waals surface area contributed by atoms with Crippen LogP contribution in [-0.2, 0) is 17.7 Å². The Kier molecular flexibility index (Phi) is 5.07. The van der Waals surface area contributed by atoms with Gasteiger partial charge in [0, 0.05) is 25.1 Å². The molecule has 0 aromatic carbocycles. The number of ether oxygens (including phenoxy) is 2. The van der Waals surface area contributed by atoms with Gasteiger partial charge in [0.2, 0.25) is 0 Å². The highest BCUT2D eigenvalue weighted by atomic mass is 16.6. The summed E-state index contributed by atoms with van der Waals surface area (Å²) in [6.45, 7) is 7.44. The van der Waals surface area contributed by atoms with E-state index in [4.69, 9.17) is 14.7 Å². The number of hydrogen-bond donors (Lipinski definition) is 0. The van der Waals surface area contributed by atoms with Crippen LogP contribution in [0.15, 0.2) is 6.07 Å². The molecule has 7 nitrogen and oxygen atoms in total. The predicted molar refractivity (Wildman–Crippen MR) is 85.7 cm³/mol. The van der Waals surface area contributed by atoms with E-state index >= 15 is 0 Å². The van der Waals surface area contributed by atoms with E-state index in [1.807, 2.05) is 26.8 Å². The average Bonchev–Trinajstić information content (AvgIpc) is 2.49. The van der Waals surface area contributed by atoms with Gasteiger partial charge in [-0.25, -0.2) is 9.78 Å². The van der Waals surface area contributed by atoms with Crippen LogP contribution in [0, 0.1) is 11.3 Å². The van der Waals surface area contributed by atoms with Crippen LogP contribution in [0.25, 0.3) is 0 Å². The Morgan fingerprint density at radius 1 is 1.42 bits per heavy atom. The highest BCUT2D eigenvalue weighted by Crippen LogP contribution is 2.29. The van der Waals surface area contributed by atoms with Crippen LogP contribution in [0.1, 0.15) is 49.4 Å². The molecular weight excluding hydrogens is 310 g/mol. The maximum Gasteiger partial charge on any atom is 0.410 e. The van der Waals surface area contributed by atoms with Crippen LogP contribution in [0.2, 0.25) is 0 Å². The monoisotopic (exact) mass is 331 g/mol. The van der Waals surface area contributed by atoms with E-state index in [0.717, 1.165) is 5.56 Å². The maximum absolute atomic E-state index is 12.2. The zero-order valence-electron chi connectivity index (χ0n) is 14.4. The minimum atomic E-state index is -0.576. The smallest absolute Gasteiger partial charge is 0.410 e. The molecule has 7 heteroatoms. The highest BCUT2D eigenvalue weighted by Gasteiger charge is 2.28. The summed E-state index contributed by atoms with van der Waals surface area (Å²) in [6.07, 6.45) is 0.114. The van der Waals surface area contributed by atoms with Crippen molar-refractivity contribution in [2.24, 2.45) is 0 Å². The third-order valence-corrected chi connectivity index (χ3v) is 3.45. The lowest BCUT2D eigenvalue weighted by Crippen LogP contribution is -2.40. The summed E-state index contributed by atoms with van der Waals surface area (Å²) in [5.74, 6) is 0.282. The fourth-order valence-electron chi connectivity index (χ4n) is 2.41. The number of aromatic nitrogens is 1. The molecule has 1 aromatic heterocycles. The van der Waals surface area contributed by atoms with Crippen molar-refractivity contribution in [3.63, 3.8) is 0 Å². The maximum atomic E-state index is 12.2. The third kappa shape index (κ3) is 4.22. The van der Waals surface area contributed by atoms with Gasteiger partial charge < -0.3 is 14.4 Å². The summed E-state index contributed by atoms with van der Waals surface area (Å²) in [5, 5.41) is 8.71. The zero-order chi connectivity index (χ0) is 17.9. The minimum Gasteiger partial charge on any atom is -0.478 e. The van der Waals surface area contributed by atoms with Crippen molar-refractivity contribution < 1.29 is 19.1 Å². The standard InChI is InChI=1S/C17H21N3O4/c1-11(21)13-9-15(23-8-6-18)12-5-7-20(10-14(12)19-13)16(22)24-17(2,3)4/h9H,5,7-8,10H2,1-4H3. The van der Waals surface area contributed by atoms with E-state index in [1.165, 1.54) is 6.92 Å². The molecule has 0 aliphatic carbocycles. The molecule has 0 radical (unpaired) electrons. The molecule has 0 bridgehead atoms. The number of Topliss-reactive ketones (excluding diaryl/α,β-unsaturated/α-hetero) is 1. The van der Waals surface area contributed by atoms with Gasteiger partial charge >= 0.3 is 6.09 Å². The van der Waals surface area contributed by atoms with E-state index in [2.05, 4.69) is 4.98 Å². The number of carbonyl (C=O) groups is 2. The SMILES string of the molecule is CC(=O)c1cc(OCC#N)c2c(n1)CN(C(=O)OC(C)(C)C)CC2. The fraction of sp³-hybridized carbons (Fsp3) is 0.529. The van der Waals surface area contributed by atoms with Crippen molar-refractivity contribution in [2.75, 3.05) is 13.2 Å². The molecule has 2 heterocycles. The van der Waals surface area contributed by atoms with Crippen LogP contribution >= 0.6 is 0 Å². The first kappa shape index (κ1) is 17.7. The lowest BCUT2D eigenvalue weighted by molar-refractivity contribution is 0.0220. The molecule has 0 saturated heterocycles. The lowest BCUT2D eigenvalue weighted by atomic mass is 10.0. The highest BCUT2D eigenvalue weighted by molar-refractivity contribution is 5.92. The predicted octanol–water partition coefficient (Wildman–Crippen LogP) is 2.48. The van der Waals surface area contributed by atoms with Gasteiger partial charge in [-0.1, -0.05) is 0 Å². The van der Waals surface area contributed by atoms with Crippen LogP contribution < -0.4 is 4.74 Å². The van der Waals surface area contributed by atoms with Crippen LogP contribution in [0.4, 0.5) is 4.79 Å². The van der Waals surface area contributed by atoms with E-state index < -0.39 is 11.7 Å². The van der Waals surface area contributed by atoms with Crippen LogP contribution in [-0.4, -0.2) is 40.5 Å². The van der Waals surface area contributed by atoms with Crippen molar-refractivity contribution >= 4 is 11.9 Å². The molecule has 1 amide bonds. The van der Waals surface area contributed by atoms with Crippen molar-refractivity contribution in [1.29, 1.82) is 5.26 Å². The Morgan fingerprint density at radius 3 is 2.71 bits per heavy atom. The Balaban J connectivity index is 2.29. The Bertz CT molecular complexity index is 701. The van der Waals surface area contributed by atoms with Gasteiger partial charge in [-0.15, -0.1) is 0 Å². The second-order valence-corrected chi connectivity index (χ2v) is 6.59. The molecule has 0 fully saturated rings. The summed E-state index contributed by atoms with van der Waals surface area (Å²) in [7, 11) is 0. The van der Waals surface area contributed by atoms with Gasteiger partial charge in [-0.2, -0.15) is 5.26 Å². The van der Waals surface area contributed by atoms with Gasteiger partial charge in [0.15, 0.2) is 12.4 Å². The Hall–Kier alpha value is -2.62. The van der Waals surface area contributed by atoms with Crippen molar-refractivity contribution in [3.05, 3.63) is 23.0 Å². The lowest BCUT2D eigenvalue weighted by Gasteiger charge is -2.31. The van der Waals surface area contributed by atoms with Crippen molar-refractivity contribution in [1.82, 2.24) is 9.88 Å². The largest absolute Gasteiger partial charge is 0.478 e. The number of nitriles is 1. The van der Waals surface area contributed by atoms with Crippen molar-refractivity contribution in [3.8, 4) is 11.8 Å².